The first-order chi connectivity index (χ1) is 10.7. The van der Waals surface area contributed by atoms with Crippen LogP contribution in [0.15, 0.2) is 17.0 Å². The highest BCUT2D eigenvalue weighted by molar-refractivity contribution is 7.99. The van der Waals surface area contributed by atoms with Crippen molar-refractivity contribution in [3.8, 4) is 0 Å². The molecule has 0 radical (unpaired) electrons. The number of halogens is 1. The third-order valence-corrected chi connectivity index (χ3v) is 5.97. The minimum Gasteiger partial charge on any atom is -0.386 e. The normalized spacial score (nSPS) is 23.0. The quantitative estimate of drug-likeness (QED) is 0.857. The van der Waals surface area contributed by atoms with Gasteiger partial charge in [0.25, 0.3) is 0 Å². The van der Waals surface area contributed by atoms with Crippen molar-refractivity contribution in [1.29, 1.82) is 0 Å². The van der Waals surface area contributed by atoms with E-state index in [1.807, 2.05) is 18.7 Å². The number of benzene rings is 1. The maximum atomic E-state index is 12.1. The summed E-state index contributed by atoms with van der Waals surface area (Å²) in [7, 11) is 0. The minimum atomic E-state index is -0.603. The Balaban J connectivity index is 1.89. The Morgan fingerprint density at radius 2 is 2.23 bits per heavy atom. The van der Waals surface area contributed by atoms with Crippen LogP contribution in [0.4, 0.5) is 0 Å². The van der Waals surface area contributed by atoms with E-state index in [4.69, 9.17) is 11.6 Å². The van der Waals surface area contributed by atoms with Crippen LogP contribution in [-0.4, -0.2) is 40.1 Å². The van der Waals surface area contributed by atoms with Crippen LogP contribution in [-0.2, 0) is 17.6 Å². The Morgan fingerprint density at radius 1 is 1.41 bits per heavy atom. The molecule has 1 amide bonds. The first kappa shape index (κ1) is 16.2. The molecule has 3 nitrogen and oxygen atoms in total. The first-order valence-electron chi connectivity index (χ1n) is 7.97. The van der Waals surface area contributed by atoms with Crippen LogP contribution in [0.5, 0.6) is 0 Å². The summed E-state index contributed by atoms with van der Waals surface area (Å²) in [6, 6.07) is 4.26. The molecule has 2 atom stereocenters. The molecule has 0 bridgehead atoms. The monoisotopic (exact) mass is 339 g/mol. The molecule has 0 spiro atoms. The van der Waals surface area contributed by atoms with Crippen molar-refractivity contribution in [3.05, 3.63) is 28.8 Å². The van der Waals surface area contributed by atoms with Crippen molar-refractivity contribution in [2.24, 2.45) is 0 Å². The Hall–Kier alpha value is -0.710. The number of carbonyl (C=O) groups is 1. The third kappa shape index (κ3) is 2.89. The van der Waals surface area contributed by atoms with Crippen molar-refractivity contribution in [3.63, 3.8) is 0 Å². The molecule has 0 saturated heterocycles. The second-order valence-electron chi connectivity index (χ2n) is 6.03. The number of aliphatic hydroxyl groups is 1. The Kier molecular flexibility index (Phi) is 5.00. The number of thioether (sulfide) groups is 1. The van der Waals surface area contributed by atoms with E-state index in [9.17, 15) is 9.90 Å². The van der Waals surface area contributed by atoms with E-state index in [2.05, 4.69) is 12.1 Å². The van der Waals surface area contributed by atoms with Gasteiger partial charge >= 0.3 is 0 Å². The zero-order chi connectivity index (χ0) is 15.7. The Morgan fingerprint density at radius 3 is 2.95 bits per heavy atom. The zero-order valence-corrected chi connectivity index (χ0v) is 14.4. The Labute approximate surface area is 141 Å². The molecule has 0 fully saturated rings. The van der Waals surface area contributed by atoms with E-state index in [0.29, 0.717) is 6.54 Å². The number of alkyl halides is 1. The first-order valence-corrected chi connectivity index (χ1v) is 9.49. The average molecular weight is 340 g/mol. The number of nitrogens with zero attached hydrogens (tertiary/aromatic N) is 1. The average Bonchev–Trinajstić information content (AvgIpc) is 2.98. The van der Waals surface area contributed by atoms with Crippen LogP contribution in [0.1, 0.15) is 42.6 Å². The molecule has 0 aromatic heterocycles. The summed E-state index contributed by atoms with van der Waals surface area (Å²) >= 11 is 7.61. The predicted octanol–water partition coefficient (Wildman–Crippen LogP) is 3.16. The largest absolute Gasteiger partial charge is 0.386 e. The summed E-state index contributed by atoms with van der Waals surface area (Å²) in [6.45, 7) is 2.70. The van der Waals surface area contributed by atoms with Crippen molar-refractivity contribution >= 4 is 29.3 Å². The van der Waals surface area contributed by atoms with Crippen LogP contribution < -0.4 is 0 Å². The Bertz CT molecular complexity index is 578. The lowest BCUT2D eigenvalue weighted by molar-refractivity contribution is -0.134. The van der Waals surface area contributed by atoms with Crippen molar-refractivity contribution < 1.29 is 9.90 Å². The molecule has 1 aromatic carbocycles. The van der Waals surface area contributed by atoms with Gasteiger partial charge in [0, 0.05) is 17.2 Å². The summed E-state index contributed by atoms with van der Waals surface area (Å²) in [5.41, 5.74) is 3.67. The number of aliphatic hydroxyl groups excluding tert-OH is 1. The highest BCUT2D eigenvalue weighted by atomic mass is 35.5. The molecule has 120 valence electrons. The number of aryl methyl sites for hydroxylation is 2. The van der Waals surface area contributed by atoms with Crippen LogP contribution in [0.3, 0.4) is 0 Å². The van der Waals surface area contributed by atoms with Crippen LogP contribution in [0.25, 0.3) is 0 Å². The smallest absolute Gasteiger partial charge is 0.237 e. The lowest BCUT2D eigenvalue weighted by Gasteiger charge is -2.38. The van der Waals surface area contributed by atoms with Gasteiger partial charge in [-0.25, -0.2) is 0 Å². The number of fused-ring (bicyclic) bond motifs is 2. The molecule has 1 N–H and O–H groups in total. The summed E-state index contributed by atoms with van der Waals surface area (Å²) in [5.74, 6) is 1.03. The van der Waals surface area contributed by atoms with Gasteiger partial charge in [-0.3, -0.25) is 4.79 Å². The zero-order valence-electron chi connectivity index (χ0n) is 12.8. The van der Waals surface area contributed by atoms with Gasteiger partial charge in [0.15, 0.2) is 0 Å². The molecule has 5 heteroatoms. The van der Waals surface area contributed by atoms with Gasteiger partial charge in [0.2, 0.25) is 5.91 Å². The number of amides is 1. The lowest BCUT2D eigenvalue weighted by Crippen LogP contribution is -2.46. The number of hydrogen-bond acceptors (Lipinski definition) is 3. The van der Waals surface area contributed by atoms with E-state index < -0.39 is 6.10 Å². The van der Waals surface area contributed by atoms with Gasteiger partial charge in [0.1, 0.15) is 5.88 Å². The summed E-state index contributed by atoms with van der Waals surface area (Å²) in [6.07, 6.45) is 3.13. The third-order valence-electron chi connectivity index (χ3n) is 4.64. The molecular formula is C17H22ClNO2S. The van der Waals surface area contributed by atoms with Crippen molar-refractivity contribution in [2.45, 2.75) is 49.6 Å². The molecule has 1 aliphatic carbocycles. The van der Waals surface area contributed by atoms with E-state index in [1.54, 1.807) is 4.90 Å². The maximum Gasteiger partial charge on any atom is 0.237 e. The van der Waals surface area contributed by atoms with Gasteiger partial charge in [-0.15, -0.1) is 23.4 Å². The highest BCUT2D eigenvalue weighted by Gasteiger charge is 2.35. The second kappa shape index (κ2) is 6.81. The molecule has 0 unspecified atom stereocenters. The molecule has 1 aliphatic heterocycles. The SMILES string of the molecule is CCCN(C(=O)CCl)[C@H]1CCc2cc3c(cc2[C@@H]1O)SCC3. The van der Waals surface area contributed by atoms with E-state index in [0.717, 1.165) is 37.0 Å². The van der Waals surface area contributed by atoms with Gasteiger partial charge in [-0.1, -0.05) is 13.0 Å². The predicted molar refractivity (Wildman–Crippen MR) is 90.7 cm³/mol. The van der Waals surface area contributed by atoms with E-state index in [1.165, 1.54) is 16.0 Å². The molecule has 1 aromatic rings. The summed E-state index contributed by atoms with van der Waals surface area (Å²) in [5, 5.41) is 10.8. The van der Waals surface area contributed by atoms with Gasteiger partial charge in [-0.05, 0) is 48.4 Å². The topological polar surface area (TPSA) is 40.5 Å². The molecule has 3 rings (SSSR count). The van der Waals surface area contributed by atoms with Gasteiger partial charge < -0.3 is 10.0 Å². The van der Waals surface area contributed by atoms with Gasteiger partial charge in [0.05, 0.1) is 12.1 Å². The fourth-order valence-electron chi connectivity index (χ4n) is 3.57. The minimum absolute atomic E-state index is 0.0177. The molecular weight excluding hydrogens is 318 g/mol. The standard InChI is InChI=1S/C17H22ClNO2S/c1-2-6-19(16(20)10-18)14-4-3-11-8-12-5-7-22-15(12)9-13(11)17(14)21/h8-9,14,17,21H,2-7,10H2,1H3/t14-,17-/m0/s1. The van der Waals surface area contributed by atoms with Crippen LogP contribution >= 0.6 is 23.4 Å². The van der Waals surface area contributed by atoms with E-state index in [-0.39, 0.29) is 17.8 Å². The summed E-state index contributed by atoms with van der Waals surface area (Å²) in [4.78, 5) is 15.2. The fraction of sp³-hybridized carbons (Fsp3) is 0.588. The molecule has 0 saturated carbocycles. The van der Waals surface area contributed by atoms with Gasteiger partial charge in [-0.2, -0.15) is 0 Å². The number of hydrogen-bond donors (Lipinski definition) is 1. The number of carbonyl (C=O) groups excluding carboxylic acids is 1. The fourth-order valence-corrected chi connectivity index (χ4v) is 4.82. The maximum absolute atomic E-state index is 12.1. The van der Waals surface area contributed by atoms with E-state index >= 15 is 0 Å². The lowest BCUT2D eigenvalue weighted by atomic mass is 9.83. The number of rotatable bonds is 4. The van der Waals surface area contributed by atoms with Crippen molar-refractivity contribution in [2.75, 3.05) is 18.2 Å². The molecule has 1 heterocycles. The highest BCUT2D eigenvalue weighted by Crippen LogP contribution is 2.40. The summed E-state index contributed by atoms with van der Waals surface area (Å²) < 4.78 is 0. The van der Waals surface area contributed by atoms with Crippen molar-refractivity contribution in [1.82, 2.24) is 4.90 Å². The molecule has 22 heavy (non-hydrogen) atoms. The second-order valence-corrected chi connectivity index (χ2v) is 7.43. The van der Waals surface area contributed by atoms with Crippen LogP contribution in [0, 0.1) is 0 Å². The van der Waals surface area contributed by atoms with Crippen LogP contribution in [0.2, 0.25) is 0 Å². The molecule has 2 aliphatic rings.